The van der Waals surface area contributed by atoms with E-state index in [9.17, 15) is 24.6 Å². The fraction of sp³-hybridized carbons (Fsp3) is 0.0444. The monoisotopic (exact) mass is 889 g/mol. The quantitative estimate of drug-likeness (QED) is 0.0672. The molecule has 0 saturated carbocycles. The van der Waals surface area contributed by atoms with Gasteiger partial charge in [-0.3, -0.25) is 14.8 Å². The molecule has 269 valence electrons. The summed E-state index contributed by atoms with van der Waals surface area (Å²) in [6.45, 7) is 2.85. The number of ketones is 1. The Bertz CT molecular complexity index is 2530. The molecule has 0 aliphatic heterocycles. The summed E-state index contributed by atoms with van der Waals surface area (Å²) in [6.07, 6.45) is 4.22. The zero-order valence-electron chi connectivity index (χ0n) is 29.1. The number of carbonyl (C=O) groups excluding carboxylic acids is 1. The van der Waals surface area contributed by atoms with Crippen LogP contribution in [-0.2, 0) is 24.9 Å². The van der Waals surface area contributed by atoms with Gasteiger partial charge in [-0.05, 0) is 26.0 Å². The van der Waals surface area contributed by atoms with Crippen LogP contribution in [-0.4, -0.2) is 43.0 Å². The number of benzene rings is 6. The summed E-state index contributed by atoms with van der Waals surface area (Å²) in [5.41, 5.74) is 3.32. The molecule has 6 aromatic carbocycles. The van der Waals surface area contributed by atoms with Gasteiger partial charge in [-0.25, -0.2) is 9.59 Å². The van der Waals surface area contributed by atoms with Crippen LogP contribution in [0.5, 0.6) is 0 Å². The average molecular weight is 889 g/mol. The molecule has 0 saturated heterocycles. The third-order valence-electron chi connectivity index (χ3n) is 8.28. The summed E-state index contributed by atoms with van der Waals surface area (Å²) in [6, 6.07) is 45.2. The van der Waals surface area contributed by atoms with Gasteiger partial charge in [0, 0.05) is 50.0 Å². The number of fused-ring (bicyclic) bond motifs is 6. The third-order valence-corrected chi connectivity index (χ3v) is 8.28. The van der Waals surface area contributed by atoms with Gasteiger partial charge >= 0.3 is 11.9 Å². The summed E-state index contributed by atoms with van der Waals surface area (Å²) >= 11 is 0. The maximum Gasteiger partial charge on any atom is 0.335 e. The Morgan fingerprint density at radius 3 is 1.20 bits per heavy atom. The van der Waals surface area contributed by atoms with Gasteiger partial charge < -0.3 is 15.3 Å². The molecule has 8 rings (SSSR count). The Labute approximate surface area is 324 Å². The Balaban J connectivity index is 0.000000174. The molecule has 0 unspecified atom stereocenters. The minimum atomic E-state index is -0.959. The second-order valence-corrected chi connectivity index (χ2v) is 12.0. The summed E-state index contributed by atoms with van der Waals surface area (Å²) < 4.78 is 0. The maximum absolute atomic E-state index is 11.2. The van der Waals surface area contributed by atoms with E-state index in [1.54, 1.807) is 12.1 Å². The van der Waals surface area contributed by atoms with Crippen molar-refractivity contribution in [2.45, 2.75) is 13.8 Å². The number of aliphatic hydroxyl groups is 1. The van der Waals surface area contributed by atoms with Gasteiger partial charge in [-0.1, -0.05) is 141 Å². The van der Waals surface area contributed by atoms with E-state index in [-0.39, 0.29) is 42.8 Å². The van der Waals surface area contributed by atoms with Gasteiger partial charge in [0.05, 0.1) is 16.9 Å². The SMILES string of the molecule is CC(=O)C=C(C)O.O=C(O)c1ccnc(-c2[c-]c3ccccc3c3ccccc23)c1.O=C(O)c1ccnc(-c2[c-]c3ccccc3c3ccccc23)c1.[Ir]. The van der Waals surface area contributed by atoms with E-state index in [0.717, 1.165) is 54.2 Å². The molecule has 0 atom stereocenters. The first-order valence-corrected chi connectivity index (χ1v) is 16.5. The van der Waals surface area contributed by atoms with Crippen molar-refractivity contribution in [3.8, 4) is 22.5 Å². The molecule has 3 N–H and O–H groups in total. The van der Waals surface area contributed by atoms with E-state index in [1.165, 1.54) is 44.4 Å². The number of hydrogen-bond acceptors (Lipinski definition) is 6. The van der Waals surface area contributed by atoms with Gasteiger partial charge in [-0.2, -0.15) is 0 Å². The number of hydrogen-bond donors (Lipinski definition) is 3. The van der Waals surface area contributed by atoms with E-state index < -0.39 is 11.9 Å². The molecular formula is C45H32IrN2O6-2. The maximum atomic E-state index is 11.2. The second-order valence-electron chi connectivity index (χ2n) is 12.0. The molecule has 0 aliphatic carbocycles. The van der Waals surface area contributed by atoms with Gasteiger partial charge in [0.2, 0.25) is 0 Å². The van der Waals surface area contributed by atoms with Crippen LogP contribution in [0.15, 0.2) is 146 Å². The largest absolute Gasteiger partial charge is 0.512 e. The molecule has 0 fully saturated rings. The minimum absolute atomic E-state index is 0. The number of carboxylic acids is 2. The summed E-state index contributed by atoms with van der Waals surface area (Å²) in [5, 5.41) is 35.3. The molecule has 0 spiro atoms. The van der Waals surface area contributed by atoms with E-state index in [0.29, 0.717) is 11.4 Å². The smallest absolute Gasteiger partial charge is 0.335 e. The van der Waals surface area contributed by atoms with Gasteiger partial charge in [-0.15, -0.1) is 35.0 Å². The van der Waals surface area contributed by atoms with Crippen LogP contribution in [0.1, 0.15) is 34.6 Å². The molecule has 8 aromatic rings. The molecule has 54 heavy (non-hydrogen) atoms. The van der Waals surface area contributed by atoms with Crippen molar-refractivity contribution < 1.29 is 49.8 Å². The van der Waals surface area contributed by atoms with Crippen LogP contribution in [0, 0.1) is 12.1 Å². The van der Waals surface area contributed by atoms with Crippen molar-refractivity contribution in [2.75, 3.05) is 0 Å². The van der Waals surface area contributed by atoms with Crippen LogP contribution >= 0.6 is 0 Å². The van der Waals surface area contributed by atoms with E-state index in [1.807, 2.05) is 72.8 Å². The third kappa shape index (κ3) is 8.73. The first-order valence-electron chi connectivity index (χ1n) is 16.5. The second kappa shape index (κ2) is 17.3. The molecule has 8 nitrogen and oxygen atoms in total. The van der Waals surface area contributed by atoms with Crippen molar-refractivity contribution in [1.82, 2.24) is 9.97 Å². The Kier molecular flexibility index (Phi) is 12.4. The van der Waals surface area contributed by atoms with Crippen LogP contribution in [0.4, 0.5) is 0 Å². The normalized spacial score (nSPS) is 10.8. The number of aromatic carboxylic acids is 2. The van der Waals surface area contributed by atoms with Gasteiger partial charge in [0.1, 0.15) is 0 Å². The van der Waals surface area contributed by atoms with Crippen LogP contribution < -0.4 is 0 Å². The van der Waals surface area contributed by atoms with Crippen molar-refractivity contribution >= 4 is 60.8 Å². The minimum Gasteiger partial charge on any atom is -0.512 e. The van der Waals surface area contributed by atoms with E-state index in [4.69, 9.17) is 5.11 Å². The van der Waals surface area contributed by atoms with E-state index in [2.05, 4.69) is 46.4 Å². The molecule has 1 radical (unpaired) electrons. The number of carboxylic acid groups (broad SMARTS) is 2. The first kappa shape index (κ1) is 38.7. The van der Waals surface area contributed by atoms with E-state index >= 15 is 0 Å². The van der Waals surface area contributed by atoms with Crippen LogP contribution in [0.2, 0.25) is 0 Å². The first-order chi connectivity index (χ1) is 25.6. The number of aromatic nitrogens is 2. The van der Waals surface area contributed by atoms with Crippen molar-refractivity contribution in [3.05, 3.63) is 169 Å². The molecule has 0 amide bonds. The Morgan fingerprint density at radius 1 is 0.519 bits per heavy atom. The number of aliphatic hydroxyl groups excluding tert-OH is 1. The number of carbonyl (C=O) groups is 3. The number of nitrogens with zero attached hydrogens (tertiary/aromatic N) is 2. The zero-order chi connectivity index (χ0) is 37.5. The molecule has 2 aromatic heterocycles. The van der Waals surface area contributed by atoms with Crippen LogP contribution in [0.25, 0.3) is 65.6 Å². The summed E-state index contributed by atoms with van der Waals surface area (Å²) in [4.78, 5) is 41.2. The van der Waals surface area contributed by atoms with Crippen LogP contribution in [0.3, 0.4) is 0 Å². The zero-order valence-corrected chi connectivity index (χ0v) is 31.5. The molecule has 0 aliphatic rings. The average Bonchev–Trinajstić information content (AvgIpc) is 3.17. The van der Waals surface area contributed by atoms with Crippen molar-refractivity contribution in [3.63, 3.8) is 0 Å². The molecule has 2 heterocycles. The molecular weight excluding hydrogens is 857 g/mol. The topological polar surface area (TPSA) is 138 Å². The fourth-order valence-corrected chi connectivity index (χ4v) is 6.03. The predicted octanol–water partition coefficient (Wildman–Crippen LogP) is 10.1. The number of allylic oxidation sites excluding steroid dienone is 2. The summed E-state index contributed by atoms with van der Waals surface area (Å²) in [7, 11) is 0. The number of pyridine rings is 2. The van der Waals surface area contributed by atoms with Gasteiger partial charge in [0.25, 0.3) is 0 Å². The predicted molar refractivity (Wildman–Crippen MR) is 208 cm³/mol. The standard InChI is InChI=1S/2C20H12NO2.C5H8O2.Ir/c2*22-20(23)14-9-10-21-19(12-14)18-11-13-5-1-2-6-15(13)16-7-3-4-8-17(16)18;1-4(6)3-5(2)7;/h2*1-10,12H,(H,22,23);3,6H,1-2H3;/q2*-1;;. The van der Waals surface area contributed by atoms with Gasteiger partial charge in [0.15, 0.2) is 5.78 Å². The molecule has 0 bridgehead atoms. The van der Waals surface area contributed by atoms with Crippen molar-refractivity contribution in [1.29, 1.82) is 0 Å². The molecule has 9 heteroatoms. The summed E-state index contributed by atoms with van der Waals surface area (Å²) in [5.74, 6) is -1.98. The van der Waals surface area contributed by atoms with Crippen molar-refractivity contribution in [2.24, 2.45) is 0 Å². The number of rotatable bonds is 5. The Hall–Kier alpha value is -6.54. The Morgan fingerprint density at radius 2 is 0.870 bits per heavy atom. The fourth-order valence-electron chi connectivity index (χ4n) is 6.03.